The number of nitrogen functional groups attached to an aromatic ring is 1. The second-order valence-electron chi connectivity index (χ2n) is 3.93. The molecule has 1 atom stereocenters. The number of nitrogens with two attached hydrogens (primary N) is 1. The highest BCUT2D eigenvalue weighted by Crippen LogP contribution is 2.21. The van der Waals surface area contributed by atoms with Gasteiger partial charge in [-0.05, 0) is 25.1 Å². The van der Waals surface area contributed by atoms with Gasteiger partial charge in [-0.3, -0.25) is 4.79 Å². The minimum Gasteiger partial charge on any atom is -0.399 e. The zero-order valence-electron chi connectivity index (χ0n) is 9.51. The van der Waals surface area contributed by atoms with Crippen molar-refractivity contribution in [1.29, 1.82) is 0 Å². The molecule has 0 bridgehead atoms. The molecule has 0 saturated carbocycles. The maximum absolute atomic E-state index is 13.3. The fourth-order valence-corrected chi connectivity index (χ4v) is 1.42. The fourth-order valence-electron chi connectivity index (χ4n) is 1.42. The Hall–Kier alpha value is -1.79. The average molecular weight is 264 g/mol. The standard InChI is InChI=1S/C11H12F4N2O/c1-6(5-11(13,14)15)17-10(18)8-4-7(16)2-3-9(8)12/h2-4,6H,5,16H2,1H3,(H,17,18). The lowest BCUT2D eigenvalue weighted by Crippen LogP contribution is -2.36. The number of carbonyl (C=O) groups is 1. The summed E-state index contributed by atoms with van der Waals surface area (Å²) in [5.41, 5.74) is 5.16. The van der Waals surface area contributed by atoms with Crippen molar-refractivity contribution in [2.75, 3.05) is 5.73 Å². The molecule has 1 aromatic rings. The molecule has 0 aliphatic carbocycles. The smallest absolute Gasteiger partial charge is 0.391 e. The molecule has 0 radical (unpaired) electrons. The molecule has 0 aromatic heterocycles. The van der Waals surface area contributed by atoms with Crippen LogP contribution in [0, 0.1) is 5.82 Å². The maximum atomic E-state index is 13.3. The van der Waals surface area contributed by atoms with E-state index in [-0.39, 0.29) is 11.3 Å². The van der Waals surface area contributed by atoms with Gasteiger partial charge in [0.25, 0.3) is 5.91 Å². The van der Waals surface area contributed by atoms with Crippen molar-refractivity contribution in [3.05, 3.63) is 29.6 Å². The quantitative estimate of drug-likeness (QED) is 0.651. The van der Waals surface area contributed by atoms with Gasteiger partial charge in [0.2, 0.25) is 0 Å². The topological polar surface area (TPSA) is 55.1 Å². The van der Waals surface area contributed by atoms with Crippen molar-refractivity contribution >= 4 is 11.6 Å². The van der Waals surface area contributed by atoms with Crippen LogP contribution in [0.4, 0.5) is 23.2 Å². The molecule has 0 aliphatic rings. The third-order valence-electron chi connectivity index (χ3n) is 2.15. The van der Waals surface area contributed by atoms with Gasteiger partial charge in [-0.15, -0.1) is 0 Å². The third kappa shape index (κ3) is 4.23. The molecule has 1 rings (SSSR count). The van der Waals surface area contributed by atoms with Gasteiger partial charge in [0.1, 0.15) is 5.82 Å². The number of carbonyl (C=O) groups excluding carboxylic acids is 1. The lowest BCUT2D eigenvalue weighted by molar-refractivity contribution is -0.138. The second kappa shape index (κ2) is 5.24. The highest BCUT2D eigenvalue weighted by atomic mass is 19.4. The Bertz CT molecular complexity index is 445. The van der Waals surface area contributed by atoms with Gasteiger partial charge in [0, 0.05) is 11.7 Å². The molecule has 0 aliphatic heterocycles. The molecule has 0 fully saturated rings. The fraction of sp³-hybridized carbons (Fsp3) is 0.364. The van der Waals surface area contributed by atoms with E-state index in [4.69, 9.17) is 5.73 Å². The van der Waals surface area contributed by atoms with Gasteiger partial charge in [-0.25, -0.2) is 4.39 Å². The van der Waals surface area contributed by atoms with Gasteiger partial charge < -0.3 is 11.1 Å². The van der Waals surface area contributed by atoms with Crippen LogP contribution in [-0.4, -0.2) is 18.1 Å². The van der Waals surface area contributed by atoms with Crippen LogP contribution in [0.1, 0.15) is 23.7 Å². The zero-order chi connectivity index (χ0) is 13.9. The minimum atomic E-state index is -4.39. The van der Waals surface area contributed by atoms with E-state index in [9.17, 15) is 22.4 Å². The summed E-state index contributed by atoms with van der Waals surface area (Å²) in [4.78, 5) is 11.5. The summed E-state index contributed by atoms with van der Waals surface area (Å²) in [6.07, 6.45) is -5.57. The average Bonchev–Trinajstić information content (AvgIpc) is 2.18. The van der Waals surface area contributed by atoms with Crippen molar-refractivity contribution in [2.45, 2.75) is 25.6 Å². The first kappa shape index (κ1) is 14.3. The summed E-state index contributed by atoms with van der Waals surface area (Å²) in [7, 11) is 0. The zero-order valence-corrected chi connectivity index (χ0v) is 9.51. The van der Waals surface area contributed by atoms with Crippen molar-refractivity contribution in [3.8, 4) is 0 Å². The SMILES string of the molecule is CC(CC(F)(F)F)NC(=O)c1cc(N)ccc1F. The lowest BCUT2D eigenvalue weighted by Gasteiger charge is -2.16. The Kier molecular flexibility index (Phi) is 4.15. The van der Waals surface area contributed by atoms with Crippen molar-refractivity contribution in [2.24, 2.45) is 0 Å². The number of halogens is 4. The molecule has 18 heavy (non-hydrogen) atoms. The predicted octanol–water partition coefficient (Wildman–Crippen LogP) is 2.48. The highest BCUT2D eigenvalue weighted by molar-refractivity contribution is 5.95. The summed E-state index contributed by atoms with van der Waals surface area (Å²) in [5.74, 6) is -1.75. The normalized spacial score (nSPS) is 13.2. The Morgan fingerprint density at radius 2 is 2.06 bits per heavy atom. The van der Waals surface area contributed by atoms with Crippen molar-refractivity contribution < 1.29 is 22.4 Å². The maximum Gasteiger partial charge on any atom is 0.391 e. The number of anilines is 1. The van der Waals surface area contributed by atoms with E-state index < -0.39 is 30.4 Å². The van der Waals surface area contributed by atoms with E-state index in [2.05, 4.69) is 5.32 Å². The largest absolute Gasteiger partial charge is 0.399 e. The number of hydrogen-bond acceptors (Lipinski definition) is 2. The Morgan fingerprint density at radius 1 is 1.44 bits per heavy atom. The van der Waals surface area contributed by atoms with Crippen LogP contribution in [0.3, 0.4) is 0 Å². The lowest BCUT2D eigenvalue weighted by atomic mass is 10.1. The van der Waals surface area contributed by atoms with Gasteiger partial charge >= 0.3 is 6.18 Å². The van der Waals surface area contributed by atoms with Crippen LogP contribution in [0.15, 0.2) is 18.2 Å². The molecule has 1 aromatic carbocycles. The Morgan fingerprint density at radius 3 is 2.61 bits per heavy atom. The van der Waals surface area contributed by atoms with Crippen LogP contribution in [0.2, 0.25) is 0 Å². The number of alkyl halides is 3. The van der Waals surface area contributed by atoms with Gasteiger partial charge in [0.15, 0.2) is 0 Å². The number of benzene rings is 1. The summed E-state index contributed by atoms with van der Waals surface area (Å²) < 4.78 is 49.4. The third-order valence-corrected chi connectivity index (χ3v) is 2.15. The van der Waals surface area contributed by atoms with E-state index in [0.717, 1.165) is 12.1 Å². The molecule has 1 unspecified atom stereocenters. The molecule has 0 spiro atoms. The van der Waals surface area contributed by atoms with E-state index in [1.807, 2.05) is 0 Å². The summed E-state index contributed by atoms with van der Waals surface area (Å²) >= 11 is 0. The summed E-state index contributed by atoms with van der Waals surface area (Å²) in [6, 6.07) is 2.17. The van der Waals surface area contributed by atoms with Crippen LogP contribution in [0.25, 0.3) is 0 Å². The van der Waals surface area contributed by atoms with Gasteiger partial charge in [-0.2, -0.15) is 13.2 Å². The number of hydrogen-bond donors (Lipinski definition) is 2. The number of rotatable bonds is 3. The molecule has 100 valence electrons. The monoisotopic (exact) mass is 264 g/mol. The number of amides is 1. The molecule has 0 saturated heterocycles. The first-order valence-corrected chi connectivity index (χ1v) is 5.11. The van der Waals surface area contributed by atoms with Gasteiger partial charge in [-0.1, -0.05) is 0 Å². The first-order chi connectivity index (χ1) is 8.19. The van der Waals surface area contributed by atoms with Crippen molar-refractivity contribution in [3.63, 3.8) is 0 Å². The molecule has 0 heterocycles. The van der Waals surface area contributed by atoms with Gasteiger partial charge in [0.05, 0.1) is 12.0 Å². The van der Waals surface area contributed by atoms with Crippen LogP contribution in [0.5, 0.6) is 0 Å². The highest BCUT2D eigenvalue weighted by Gasteiger charge is 2.30. The molecule has 1 amide bonds. The molecular weight excluding hydrogens is 252 g/mol. The van der Waals surface area contributed by atoms with E-state index >= 15 is 0 Å². The molecule has 3 N–H and O–H groups in total. The second-order valence-corrected chi connectivity index (χ2v) is 3.93. The molecule has 3 nitrogen and oxygen atoms in total. The number of nitrogens with one attached hydrogen (secondary N) is 1. The van der Waals surface area contributed by atoms with E-state index in [1.165, 1.54) is 13.0 Å². The first-order valence-electron chi connectivity index (χ1n) is 5.11. The van der Waals surface area contributed by atoms with Crippen LogP contribution < -0.4 is 11.1 Å². The van der Waals surface area contributed by atoms with E-state index in [0.29, 0.717) is 0 Å². The Labute approximate surface area is 101 Å². The summed E-state index contributed by atoms with van der Waals surface area (Å²) in [5, 5.41) is 2.07. The van der Waals surface area contributed by atoms with E-state index in [1.54, 1.807) is 0 Å². The minimum absolute atomic E-state index is 0.157. The summed E-state index contributed by atoms with van der Waals surface area (Å²) in [6.45, 7) is 1.19. The van der Waals surface area contributed by atoms with Crippen LogP contribution >= 0.6 is 0 Å². The molecular formula is C11H12F4N2O. The Balaban J connectivity index is 2.74. The molecule has 7 heteroatoms. The van der Waals surface area contributed by atoms with Crippen molar-refractivity contribution in [1.82, 2.24) is 5.32 Å². The van der Waals surface area contributed by atoms with Crippen LogP contribution in [-0.2, 0) is 0 Å². The predicted molar refractivity (Wildman–Crippen MR) is 58.4 cm³/mol.